The van der Waals surface area contributed by atoms with Gasteiger partial charge in [-0.3, -0.25) is 9.59 Å². The molecule has 0 amide bonds. The SMILES string of the molecule is O=C1C=Cn2ccnc2C1C(=O)c1ccccc1. The summed E-state index contributed by atoms with van der Waals surface area (Å²) in [6.45, 7) is 0. The van der Waals surface area contributed by atoms with Crippen molar-refractivity contribution >= 4 is 17.8 Å². The quantitative estimate of drug-likeness (QED) is 0.593. The largest absolute Gasteiger partial charge is 0.309 e. The van der Waals surface area contributed by atoms with Crippen molar-refractivity contribution in [3.8, 4) is 0 Å². The maximum absolute atomic E-state index is 12.4. The number of hydrogen-bond donors (Lipinski definition) is 0. The molecule has 3 rings (SSSR count). The van der Waals surface area contributed by atoms with E-state index in [-0.39, 0.29) is 11.6 Å². The summed E-state index contributed by atoms with van der Waals surface area (Å²) in [6.07, 6.45) is 6.35. The first-order valence-corrected chi connectivity index (χ1v) is 5.61. The minimum absolute atomic E-state index is 0.211. The van der Waals surface area contributed by atoms with E-state index in [0.29, 0.717) is 11.4 Å². The van der Waals surface area contributed by atoms with Crippen molar-refractivity contribution in [1.29, 1.82) is 0 Å². The maximum Gasteiger partial charge on any atom is 0.181 e. The smallest absolute Gasteiger partial charge is 0.181 e. The Bertz CT molecular complexity index is 641. The molecule has 0 saturated carbocycles. The van der Waals surface area contributed by atoms with E-state index >= 15 is 0 Å². The van der Waals surface area contributed by atoms with E-state index in [1.165, 1.54) is 6.08 Å². The number of benzene rings is 1. The highest BCUT2D eigenvalue weighted by molar-refractivity contribution is 6.19. The Labute approximate surface area is 104 Å². The van der Waals surface area contributed by atoms with Crippen LogP contribution in [-0.2, 0) is 4.79 Å². The number of fused-ring (bicyclic) bond motifs is 1. The van der Waals surface area contributed by atoms with Gasteiger partial charge in [-0.05, 0) is 6.08 Å². The van der Waals surface area contributed by atoms with Crippen molar-refractivity contribution in [1.82, 2.24) is 9.55 Å². The van der Waals surface area contributed by atoms with Crippen molar-refractivity contribution in [2.24, 2.45) is 0 Å². The van der Waals surface area contributed by atoms with Gasteiger partial charge in [0.1, 0.15) is 11.7 Å². The standard InChI is InChI=1S/C14H10N2O2/c17-11-6-8-16-9-7-15-14(16)12(11)13(18)10-4-2-1-3-5-10/h1-9,12H. The predicted molar refractivity (Wildman–Crippen MR) is 66.1 cm³/mol. The monoisotopic (exact) mass is 238 g/mol. The number of allylic oxidation sites excluding steroid dienone is 1. The van der Waals surface area contributed by atoms with Gasteiger partial charge < -0.3 is 4.57 Å². The number of hydrogen-bond acceptors (Lipinski definition) is 3. The average Bonchev–Trinajstić information content (AvgIpc) is 2.87. The molecule has 1 aromatic carbocycles. The molecule has 4 heteroatoms. The molecule has 0 aliphatic carbocycles. The summed E-state index contributed by atoms with van der Waals surface area (Å²) in [7, 11) is 0. The van der Waals surface area contributed by atoms with Gasteiger partial charge in [0.2, 0.25) is 0 Å². The first-order valence-electron chi connectivity index (χ1n) is 5.61. The van der Waals surface area contributed by atoms with Gasteiger partial charge in [-0.15, -0.1) is 0 Å². The van der Waals surface area contributed by atoms with Crippen LogP contribution in [0.1, 0.15) is 22.1 Å². The zero-order chi connectivity index (χ0) is 12.5. The molecule has 1 atom stereocenters. The van der Waals surface area contributed by atoms with Crippen LogP contribution in [0.25, 0.3) is 6.20 Å². The van der Waals surface area contributed by atoms with Crippen molar-refractivity contribution in [3.63, 3.8) is 0 Å². The van der Waals surface area contributed by atoms with E-state index < -0.39 is 5.92 Å². The highest BCUT2D eigenvalue weighted by atomic mass is 16.2. The number of Topliss-reactive ketones (excluding diaryl/α,β-unsaturated/α-hetero) is 1. The van der Waals surface area contributed by atoms with Crippen LogP contribution in [-0.4, -0.2) is 21.1 Å². The Balaban J connectivity index is 2.05. The lowest BCUT2D eigenvalue weighted by Crippen LogP contribution is -2.26. The third kappa shape index (κ3) is 1.59. The van der Waals surface area contributed by atoms with Gasteiger partial charge in [0.15, 0.2) is 11.6 Å². The summed E-state index contributed by atoms with van der Waals surface area (Å²) in [5.74, 6) is -0.774. The predicted octanol–water partition coefficient (Wildman–Crippen LogP) is 1.90. The molecule has 1 aromatic heterocycles. The summed E-state index contributed by atoms with van der Waals surface area (Å²) >= 11 is 0. The fraction of sp³-hybridized carbons (Fsp3) is 0.0714. The Morgan fingerprint density at radius 1 is 1.22 bits per heavy atom. The van der Waals surface area contributed by atoms with E-state index in [4.69, 9.17) is 0 Å². The number of rotatable bonds is 2. The number of aromatic nitrogens is 2. The third-order valence-corrected chi connectivity index (χ3v) is 2.96. The van der Waals surface area contributed by atoms with E-state index in [9.17, 15) is 9.59 Å². The van der Waals surface area contributed by atoms with Gasteiger partial charge in [0.05, 0.1) is 0 Å². The topological polar surface area (TPSA) is 52.0 Å². The molecule has 2 aromatic rings. The lowest BCUT2D eigenvalue weighted by Gasteiger charge is -2.16. The molecule has 18 heavy (non-hydrogen) atoms. The van der Waals surface area contributed by atoms with Crippen LogP contribution in [0, 0.1) is 0 Å². The summed E-state index contributed by atoms with van der Waals surface area (Å²) < 4.78 is 1.70. The van der Waals surface area contributed by atoms with Crippen molar-refractivity contribution < 1.29 is 9.59 Å². The van der Waals surface area contributed by atoms with Crippen LogP contribution >= 0.6 is 0 Å². The minimum atomic E-state index is -0.826. The lowest BCUT2D eigenvalue weighted by molar-refractivity contribution is -0.115. The zero-order valence-electron chi connectivity index (χ0n) is 9.48. The van der Waals surface area contributed by atoms with Gasteiger partial charge in [0.25, 0.3) is 0 Å². The summed E-state index contributed by atoms with van der Waals surface area (Å²) in [5.41, 5.74) is 0.528. The lowest BCUT2D eigenvalue weighted by atomic mass is 9.91. The Morgan fingerprint density at radius 3 is 2.78 bits per heavy atom. The van der Waals surface area contributed by atoms with Crippen LogP contribution in [0.3, 0.4) is 0 Å². The number of nitrogens with zero attached hydrogens (tertiary/aromatic N) is 2. The first kappa shape index (κ1) is 10.7. The molecule has 0 fully saturated rings. The third-order valence-electron chi connectivity index (χ3n) is 2.96. The number of imidazole rings is 1. The van der Waals surface area contributed by atoms with Crippen molar-refractivity contribution in [2.45, 2.75) is 5.92 Å². The highest BCUT2D eigenvalue weighted by Gasteiger charge is 2.33. The van der Waals surface area contributed by atoms with Gasteiger partial charge in [-0.2, -0.15) is 0 Å². The van der Waals surface area contributed by atoms with Crippen molar-refractivity contribution in [2.75, 3.05) is 0 Å². The van der Waals surface area contributed by atoms with E-state index in [2.05, 4.69) is 4.98 Å². The number of carbonyl (C=O) groups is 2. The molecule has 2 heterocycles. The summed E-state index contributed by atoms with van der Waals surface area (Å²) in [5, 5.41) is 0. The van der Waals surface area contributed by atoms with Crippen LogP contribution in [0.2, 0.25) is 0 Å². The van der Waals surface area contributed by atoms with Crippen LogP contribution in [0.15, 0.2) is 48.8 Å². The summed E-state index contributed by atoms with van der Waals surface area (Å²) in [6, 6.07) is 8.81. The molecule has 1 aliphatic heterocycles. The number of carbonyl (C=O) groups excluding carboxylic acids is 2. The second kappa shape index (κ2) is 4.07. The first-order chi connectivity index (χ1) is 8.77. The van der Waals surface area contributed by atoms with Gasteiger partial charge >= 0.3 is 0 Å². The zero-order valence-corrected chi connectivity index (χ0v) is 9.48. The highest BCUT2D eigenvalue weighted by Crippen LogP contribution is 2.24. The molecule has 0 radical (unpaired) electrons. The van der Waals surface area contributed by atoms with Crippen LogP contribution in [0.5, 0.6) is 0 Å². The molecular formula is C14H10N2O2. The molecule has 0 spiro atoms. The summed E-state index contributed by atoms with van der Waals surface area (Å²) in [4.78, 5) is 28.4. The van der Waals surface area contributed by atoms with Crippen molar-refractivity contribution in [3.05, 3.63) is 60.2 Å². The van der Waals surface area contributed by atoms with E-state index in [1.54, 1.807) is 47.4 Å². The molecule has 0 saturated heterocycles. The normalized spacial score (nSPS) is 17.6. The minimum Gasteiger partial charge on any atom is -0.309 e. The molecule has 0 bridgehead atoms. The fourth-order valence-corrected chi connectivity index (χ4v) is 2.07. The molecular weight excluding hydrogens is 228 g/mol. The Hall–Kier alpha value is -2.49. The molecule has 4 nitrogen and oxygen atoms in total. The second-order valence-electron chi connectivity index (χ2n) is 4.07. The van der Waals surface area contributed by atoms with E-state index in [1.807, 2.05) is 6.07 Å². The second-order valence-corrected chi connectivity index (χ2v) is 4.07. The van der Waals surface area contributed by atoms with Gasteiger partial charge in [-0.1, -0.05) is 30.3 Å². The molecule has 1 unspecified atom stereocenters. The molecule has 1 aliphatic rings. The average molecular weight is 238 g/mol. The van der Waals surface area contributed by atoms with E-state index in [0.717, 1.165) is 0 Å². The molecule has 0 N–H and O–H groups in total. The van der Waals surface area contributed by atoms with Crippen LogP contribution in [0.4, 0.5) is 0 Å². The Morgan fingerprint density at radius 2 is 2.00 bits per heavy atom. The Kier molecular flexibility index (Phi) is 2.41. The van der Waals surface area contributed by atoms with Gasteiger partial charge in [-0.25, -0.2) is 4.98 Å². The van der Waals surface area contributed by atoms with Gasteiger partial charge in [0, 0.05) is 24.2 Å². The number of ketones is 2. The molecule has 88 valence electrons. The fourth-order valence-electron chi connectivity index (χ4n) is 2.07. The van der Waals surface area contributed by atoms with Crippen LogP contribution < -0.4 is 0 Å². The maximum atomic E-state index is 12.4.